The lowest BCUT2D eigenvalue weighted by atomic mass is 9.94. The second kappa shape index (κ2) is 9.50. The number of hydrogen-bond donors (Lipinski definition) is 1. The summed E-state index contributed by atoms with van der Waals surface area (Å²) in [5, 5.41) is 3.27. The molecule has 1 N–H and O–H groups in total. The van der Waals surface area contributed by atoms with Gasteiger partial charge in [0, 0.05) is 12.1 Å². The van der Waals surface area contributed by atoms with Gasteiger partial charge in [-0.1, -0.05) is 61.9 Å². The number of hydrogen-bond acceptors (Lipinski definition) is 3. The maximum atomic E-state index is 13.6. The van der Waals surface area contributed by atoms with E-state index in [-0.39, 0.29) is 23.9 Å². The van der Waals surface area contributed by atoms with Crippen LogP contribution in [0, 0.1) is 6.92 Å². The minimum Gasteiger partial charge on any atom is -0.459 e. The van der Waals surface area contributed by atoms with E-state index in [9.17, 15) is 9.59 Å². The van der Waals surface area contributed by atoms with Gasteiger partial charge in [0.25, 0.3) is 5.91 Å². The average Bonchev–Trinajstić information content (AvgIpc) is 3.47. The highest BCUT2D eigenvalue weighted by molar-refractivity contribution is 5.96. The van der Waals surface area contributed by atoms with Crippen molar-refractivity contribution >= 4 is 11.8 Å². The van der Waals surface area contributed by atoms with Crippen molar-refractivity contribution in [1.29, 1.82) is 0 Å². The molecular formula is C25H32N2O3. The van der Waals surface area contributed by atoms with Crippen LogP contribution in [0.1, 0.15) is 85.5 Å². The standard InChI is InChI=1S/C25H32N2O3/c1-18-13-15-19(16-14-18)23(24(28)26-20-8-3-2-4-9-20)27(21-10-5-6-11-21)25(29)22-12-7-17-30-22/h7,12-17,20-21,23H,2-6,8-11H2,1H3,(H,26,28)/t23-/m1/s1. The van der Waals surface area contributed by atoms with E-state index in [4.69, 9.17) is 4.42 Å². The number of aryl methyl sites for hydroxylation is 1. The number of benzene rings is 1. The van der Waals surface area contributed by atoms with E-state index < -0.39 is 6.04 Å². The number of rotatable bonds is 6. The molecule has 0 saturated heterocycles. The first-order valence-electron chi connectivity index (χ1n) is 11.4. The molecule has 1 aromatic heterocycles. The van der Waals surface area contributed by atoms with Crippen molar-refractivity contribution in [3.63, 3.8) is 0 Å². The monoisotopic (exact) mass is 408 g/mol. The fourth-order valence-corrected chi connectivity index (χ4v) is 4.92. The zero-order valence-corrected chi connectivity index (χ0v) is 17.8. The van der Waals surface area contributed by atoms with E-state index >= 15 is 0 Å². The van der Waals surface area contributed by atoms with Crippen LogP contribution in [-0.4, -0.2) is 28.8 Å². The molecule has 4 rings (SSSR count). The van der Waals surface area contributed by atoms with Crippen LogP contribution in [0.3, 0.4) is 0 Å². The van der Waals surface area contributed by atoms with Crippen molar-refractivity contribution in [3.05, 3.63) is 59.5 Å². The highest BCUT2D eigenvalue weighted by Gasteiger charge is 2.39. The first-order valence-corrected chi connectivity index (χ1v) is 11.4. The molecule has 30 heavy (non-hydrogen) atoms. The van der Waals surface area contributed by atoms with Crippen LogP contribution < -0.4 is 5.32 Å². The predicted octanol–water partition coefficient (Wildman–Crippen LogP) is 5.16. The lowest BCUT2D eigenvalue weighted by Gasteiger charge is -2.36. The summed E-state index contributed by atoms with van der Waals surface area (Å²) in [5.41, 5.74) is 2.00. The molecule has 2 fully saturated rings. The van der Waals surface area contributed by atoms with E-state index in [1.54, 1.807) is 17.0 Å². The Morgan fingerprint density at radius 2 is 1.63 bits per heavy atom. The van der Waals surface area contributed by atoms with Gasteiger partial charge in [0.2, 0.25) is 5.91 Å². The molecule has 1 aromatic carbocycles. The molecule has 160 valence electrons. The predicted molar refractivity (Wildman–Crippen MR) is 116 cm³/mol. The molecule has 2 saturated carbocycles. The summed E-state index contributed by atoms with van der Waals surface area (Å²) in [4.78, 5) is 29.0. The smallest absolute Gasteiger partial charge is 0.290 e. The summed E-state index contributed by atoms with van der Waals surface area (Å²) in [6, 6.07) is 11.0. The van der Waals surface area contributed by atoms with E-state index in [2.05, 4.69) is 5.32 Å². The van der Waals surface area contributed by atoms with Crippen LogP contribution in [-0.2, 0) is 4.79 Å². The van der Waals surface area contributed by atoms with Gasteiger partial charge in [-0.25, -0.2) is 0 Å². The molecule has 2 aliphatic rings. The maximum Gasteiger partial charge on any atom is 0.290 e. The summed E-state index contributed by atoms with van der Waals surface area (Å²) < 4.78 is 5.45. The second-order valence-corrected chi connectivity index (χ2v) is 8.78. The van der Waals surface area contributed by atoms with Crippen LogP contribution >= 0.6 is 0 Å². The van der Waals surface area contributed by atoms with Crippen LogP contribution in [0.25, 0.3) is 0 Å². The minimum absolute atomic E-state index is 0.0472. The van der Waals surface area contributed by atoms with Gasteiger partial charge in [0.15, 0.2) is 5.76 Å². The molecule has 0 bridgehead atoms. The molecule has 0 radical (unpaired) electrons. The van der Waals surface area contributed by atoms with E-state index in [1.807, 2.05) is 31.2 Å². The Kier molecular flexibility index (Phi) is 6.56. The van der Waals surface area contributed by atoms with Crippen molar-refractivity contribution in [3.8, 4) is 0 Å². The Bertz CT molecular complexity index is 832. The summed E-state index contributed by atoms with van der Waals surface area (Å²) in [5.74, 6) is 0.0262. The first kappa shape index (κ1) is 20.7. The Morgan fingerprint density at radius 3 is 2.27 bits per heavy atom. The van der Waals surface area contributed by atoms with Crippen LogP contribution in [0.5, 0.6) is 0 Å². The van der Waals surface area contributed by atoms with Gasteiger partial charge in [-0.3, -0.25) is 9.59 Å². The van der Waals surface area contributed by atoms with Gasteiger partial charge >= 0.3 is 0 Å². The molecule has 1 heterocycles. The number of nitrogens with one attached hydrogen (secondary N) is 1. The van der Waals surface area contributed by atoms with Crippen LogP contribution in [0.4, 0.5) is 0 Å². The Hall–Kier alpha value is -2.56. The minimum atomic E-state index is -0.645. The fraction of sp³-hybridized carbons (Fsp3) is 0.520. The molecule has 2 amide bonds. The Morgan fingerprint density at radius 1 is 0.967 bits per heavy atom. The van der Waals surface area contributed by atoms with Crippen molar-refractivity contribution < 1.29 is 14.0 Å². The summed E-state index contributed by atoms with van der Waals surface area (Å²) >= 11 is 0. The average molecular weight is 409 g/mol. The van der Waals surface area contributed by atoms with Gasteiger partial charge in [-0.15, -0.1) is 0 Å². The summed E-state index contributed by atoms with van der Waals surface area (Å²) in [6.07, 6.45) is 11.1. The fourth-order valence-electron chi connectivity index (χ4n) is 4.92. The van der Waals surface area contributed by atoms with E-state index in [0.29, 0.717) is 5.76 Å². The van der Waals surface area contributed by atoms with Gasteiger partial charge in [0.05, 0.1) is 6.26 Å². The summed E-state index contributed by atoms with van der Waals surface area (Å²) in [7, 11) is 0. The number of carbonyl (C=O) groups is 2. The van der Waals surface area contributed by atoms with Crippen molar-refractivity contribution in [2.45, 2.75) is 82.8 Å². The maximum absolute atomic E-state index is 13.6. The second-order valence-electron chi connectivity index (χ2n) is 8.78. The molecule has 5 heteroatoms. The zero-order valence-electron chi connectivity index (χ0n) is 17.8. The van der Waals surface area contributed by atoms with E-state index in [0.717, 1.165) is 62.5 Å². The molecule has 0 unspecified atom stereocenters. The van der Waals surface area contributed by atoms with Gasteiger partial charge in [0.1, 0.15) is 6.04 Å². The number of nitrogens with zero attached hydrogens (tertiary/aromatic N) is 1. The zero-order chi connectivity index (χ0) is 20.9. The topological polar surface area (TPSA) is 62.6 Å². The van der Waals surface area contributed by atoms with E-state index in [1.165, 1.54) is 12.7 Å². The highest BCUT2D eigenvalue weighted by atomic mass is 16.3. The van der Waals surface area contributed by atoms with Gasteiger partial charge in [-0.2, -0.15) is 0 Å². The number of furan rings is 1. The Labute approximate surface area is 178 Å². The lowest BCUT2D eigenvalue weighted by molar-refractivity contribution is -0.127. The molecule has 0 aliphatic heterocycles. The molecule has 0 spiro atoms. The molecule has 1 atom stereocenters. The summed E-state index contributed by atoms with van der Waals surface area (Å²) in [6.45, 7) is 2.03. The third kappa shape index (κ3) is 4.61. The molecule has 5 nitrogen and oxygen atoms in total. The van der Waals surface area contributed by atoms with Crippen molar-refractivity contribution in [2.75, 3.05) is 0 Å². The number of carbonyl (C=O) groups excluding carboxylic acids is 2. The lowest BCUT2D eigenvalue weighted by Crippen LogP contribution is -2.50. The molecular weight excluding hydrogens is 376 g/mol. The third-order valence-electron chi connectivity index (χ3n) is 6.56. The largest absolute Gasteiger partial charge is 0.459 e. The quantitative estimate of drug-likeness (QED) is 0.718. The van der Waals surface area contributed by atoms with Crippen LogP contribution in [0.2, 0.25) is 0 Å². The van der Waals surface area contributed by atoms with Crippen molar-refractivity contribution in [1.82, 2.24) is 10.2 Å². The van der Waals surface area contributed by atoms with Crippen molar-refractivity contribution in [2.24, 2.45) is 0 Å². The van der Waals surface area contributed by atoms with Gasteiger partial charge < -0.3 is 14.6 Å². The first-order chi connectivity index (χ1) is 14.6. The Balaban J connectivity index is 1.69. The van der Waals surface area contributed by atoms with Gasteiger partial charge in [-0.05, 0) is 50.3 Å². The normalized spacial score (nSPS) is 18.8. The third-order valence-corrected chi connectivity index (χ3v) is 6.56. The SMILES string of the molecule is Cc1ccc([C@H](C(=O)NC2CCCCC2)N(C(=O)c2ccco2)C2CCCC2)cc1. The highest BCUT2D eigenvalue weighted by Crippen LogP contribution is 2.34. The molecule has 2 aromatic rings. The number of amides is 2. The molecule has 2 aliphatic carbocycles. The van der Waals surface area contributed by atoms with Crippen LogP contribution in [0.15, 0.2) is 47.1 Å².